The molecule has 3 rings (SSSR count). The number of benzene rings is 2. The van der Waals surface area contributed by atoms with Crippen LogP contribution in [0.4, 0.5) is 11.4 Å². The third-order valence-corrected chi connectivity index (χ3v) is 4.76. The predicted octanol–water partition coefficient (Wildman–Crippen LogP) is 3.09. The highest BCUT2D eigenvalue weighted by molar-refractivity contribution is 6.00. The van der Waals surface area contributed by atoms with Gasteiger partial charge in [-0.3, -0.25) is 14.4 Å². The molecular weight excluding hydrogens is 356 g/mol. The lowest BCUT2D eigenvalue weighted by Gasteiger charge is -2.17. The van der Waals surface area contributed by atoms with E-state index in [9.17, 15) is 14.4 Å². The lowest BCUT2D eigenvalue weighted by Crippen LogP contribution is -2.28. The zero-order valence-electron chi connectivity index (χ0n) is 16.1. The summed E-state index contributed by atoms with van der Waals surface area (Å²) in [6.45, 7) is 3.89. The number of rotatable bonds is 6. The number of hydrogen-bond donors (Lipinski definition) is 1. The van der Waals surface area contributed by atoms with E-state index in [0.29, 0.717) is 5.69 Å². The maximum atomic E-state index is 12.3. The zero-order valence-corrected chi connectivity index (χ0v) is 16.1. The summed E-state index contributed by atoms with van der Waals surface area (Å²) in [7, 11) is 0. The van der Waals surface area contributed by atoms with Gasteiger partial charge in [0.25, 0.3) is 5.91 Å². The number of hydrogen-bond acceptors (Lipinski definition) is 4. The standard InChI is InChI=1S/C22H24N2O4/c1-3-16-7-9-19(10-8-16)24-13-17(12-21(24)26)22(27)28-14-20(25)23-18-6-4-5-15(2)11-18/h4-11,17H,3,12-14H2,1-2H3,(H,23,25). The molecule has 2 amide bonds. The summed E-state index contributed by atoms with van der Waals surface area (Å²) in [5.74, 6) is -1.61. The first kappa shape index (κ1) is 19.6. The smallest absolute Gasteiger partial charge is 0.311 e. The summed E-state index contributed by atoms with van der Waals surface area (Å²) >= 11 is 0. The highest BCUT2D eigenvalue weighted by Crippen LogP contribution is 2.26. The average Bonchev–Trinajstić information content (AvgIpc) is 3.08. The van der Waals surface area contributed by atoms with Gasteiger partial charge in [-0.2, -0.15) is 0 Å². The van der Waals surface area contributed by atoms with Crippen LogP contribution in [-0.4, -0.2) is 30.9 Å². The van der Waals surface area contributed by atoms with Crippen molar-refractivity contribution in [2.24, 2.45) is 5.92 Å². The first-order valence-electron chi connectivity index (χ1n) is 9.38. The van der Waals surface area contributed by atoms with Gasteiger partial charge in [-0.1, -0.05) is 31.2 Å². The molecule has 2 aromatic carbocycles. The van der Waals surface area contributed by atoms with Crippen LogP contribution in [0.5, 0.6) is 0 Å². The Balaban J connectivity index is 1.52. The molecule has 1 aliphatic rings. The quantitative estimate of drug-likeness (QED) is 0.782. The van der Waals surface area contributed by atoms with E-state index < -0.39 is 17.8 Å². The third kappa shape index (κ3) is 4.76. The van der Waals surface area contributed by atoms with Crippen LogP contribution in [0.1, 0.15) is 24.5 Å². The van der Waals surface area contributed by atoms with Gasteiger partial charge >= 0.3 is 5.97 Å². The number of amides is 2. The lowest BCUT2D eigenvalue weighted by molar-refractivity contribution is -0.151. The van der Waals surface area contributed by atoms with Crippen LogP contribution in [0.2, 0.25) is 0 Å². The van der Waals surface area contributed by atoms with Crippen molar-refractivity contribution in [3.8, 4) is 0 Å². The van der Waals surface area contributed by atoms with Crippen LogP contribution in [0.25, 0.3) is 0 Å². The van der Waals surface area contributed by atoms with Crippen LogP contribution in [0.15, 0.2) is 48.5 Å². The van der Waals surface area contributed by atoms with Gasteiger partial charge < -0.3 is 15.0 Å². The fourth-order valence-corrected chi connectivity index (χ4v) is 3.20. The highest BCUT2D eigenvalue weighted by Gasteiger charge is 2.36. The molecule has 6 nitrogen and oxygen atoms in total. The van der Waals surface area contributed by atoms with Crippen LogP contribution in [0.3, 0.4) is 0 Å². The van der Waals surface area contributed by atoms with Gasteiger partial charge in [0, 0.05) is 24.3 Å². The van der Waals surface area contributed by atoms with Crippen LogP contribution < -0.4 is 10.2 Å². The van der Waals surface area contributed by atoms with Crippen molar-refractivity contribution in [2.75, 3.05) is 23.4 Å². The SMILES string of the molecule is CCc1ccc(N2CC(C(=O)OCC(=O)Nc3cccc(C)c3)CC2=O)cc1. The molecule has 1 heterocycles. The first-order chi connectivity index (χ1) is 13.5. The van der Waals surface area contributed by atoms with E-state index in [4.69, 9.17) is 4.74 Å². The molecule has 146 valence electrons. The van der Waals surface area contributed by atoms with Gasteiger partial charge in [0.1, 0.15) is 0 Å². The van der Waals surface area contributed by atoms with Crippen LogP contribution in [-0.2, 0) is 25.5 Å². The Morgan fingerprint density at radius 2 is 1.93 bits per heavy atom. The highest BCUT2D eigenvalue weighted by atomic mass is 16.5. The summed E-state index contributed by atoms with van der Waals surface area (Å²) in [6.07, 6.45) is 1.02. The molecule has 1 fully saturated rings. The number of nitrogens with zero attached hydrogens (tertiary/aromatic N) is 1. The van der Waals surface area contributed by atoms with E-state index in [1.807, 2.05) is 49.4 Å². The minimum atomic E-state index is -0.565. The van der Waals surface area contributed by atoms with Crippen molar-refractivity contribution in [3.05, 3.63) is 59.7 Å². The molecule has 1 atom stereocenters. The van der Waals surface area contributed by atoms with Gasteiger partial charge in [0.15, 0.2) is 6.61 Å². The third-order valence-electron chi connectivity index (χ3n) is 4.76. The van der Waals surface area contributed by atoms with Crippen molar-refractivity contribution in [3.63, 3.8) is 0 Å². The van der Waals surface area contributed by atoms with Gasteiger partial charge in [0.05, 0.1) is 5.92 Å². The number of aryl methyl sites for hydroxylation is 2. The van der Waals surface area contributed by atoms with E-state index in [1.54, 1.807) is 11.0 Å². The number of carbonyl (C=O) groups is 3. The Morgan fingerprint density at radius 1 is 1.18 bits per heavy atom. The molecule has 6 heteroatoms. The normalized spacial score (nSPS) is 16.1. The molecule has 0 aromatic heterocycles. The minimum absolute atomic E-state index is 0.0911. The van der Waals surface area contributed by atoms with Gasteiger partial charge in [0.2, 0.25) is 5.91 Å². The molecule has 0 radical (unpaired) electrons. The number of esters is 1. The fourth-order valence-electron chi connectivity index (χ4n) is 3.20. The molecule has 0 aliphatic carbocycles. The Hall–Kier alpha value is -3.15. The Morgan fingerprint density at radius 3 is 2.61 bits per heavy atom. The van der Waals surface area contributed by atoms with Crippen molar-refractivity contribution in [1.82, 2.24) is 0 Å². The minimum Gasteiger partial charge on any atom is -0.455 e. The van der Waals surface area contributed by atoms with Crippen molar-refractivity contribution < 1.29 is 19.1 Å². The molecule has 2 aromatic rings. The monoisotopic (exact) mass is 380 g/mol. The molecule has 0 bridgehead atoms. The summed E-state index contributed by atoms with van der Waals surface area (Å²) in [4.78, 5) is 38.2. The van der Waals surface area contributed by atoms with E-state index in [-0.39, 0.29) is 25.5 Å². The van der Waals surface area contributed by atoms with Gasteiger partial charge in [-0.25, -0.2) is 0 Å². The summed E-state index contributed by atoms with van der Waals surface area (Å²) in [6, 6.07) is 15.1. The molecule has 1 aliphatic heterocycles. The van der Waals surface area contributed by atoms with Crippen LogP contribution in [0, 0.1) is 12.8 Å². The van der Waals surface area contributed by atoms with Crippen molar-refractivity contribution >= 4 is 29.2 Å². The summed E-state index contributed by atoms with van der Waals surface area (Å²) < 4.78 is 5.13. The average molecular weight is 380 g/mol. The van der Waals surface area contributed by atoms with E-state index in [2.05, 4.69) is 12.2 Å². The van der Waals surface area contributed by atoms with E-state index >= 15 is 0 Å². The summed E-state index contributed by atoms with van der Waals surface area (Å²) in [5, 5.41) is 2.69. The molecule has 1 N–H and O–H groups in total. The van der Waals surface area contributed by atoms with Crippen LogP contribution >= 0.6 is 0 Å². The molecule has 28 heavy (non-hydrogen) atoms. The predicted molar refractivity (Wildman–Crippen MR) is 107 cm³/mol. The van der Waals surface area contributed by atoms with Crippen molar-refractivity contribution in [2.45, 2.75) is 26.7 Å². The first-order valence-corrected chi connectivity index (χ1v) is 9.38. The number of anilines is 2. The maximum absolute atomic E-state index is 12.3. The number of nitrogens with one attached hydrogen (secondary N) is 1. The second-order valence-electron chi connectivity index (χ2n) is 6.95. The lowest BCUT2D eigenvalue weighted by atomic mass is 10.1. The molecule has 1 unspecified atom stereocenters. The van der Waals surface area contributed by atoms with Crippen molar-refractivity contribution in [1.29, 1.82) is 0 Å². The Bertz CT molecular complexity index is 876. The van der Waals surface area contributed by atoms with E-state index in [1.165, 1.54) is 5.56 Å². The maximum Gasteiger partial charge on any atom is 0.311 e. The largest absolute Gasteiger partial charge is 0.455 e. The van der Waals surface area contributed by atoms with Gasteiger partial charge in [-0.15, -0.1) is 0 Å². The Kier molecular flexibility index (Phi) is 6.09. The fraction of sp³-hybridized carbons (Fsp3) is 0.318. The number of ether oxygens (including phenoxy) is 1. The van der Waals surface area contributed by atoms with Gasteiger partial charge in [-0.05, 0) is 48.7 Å². The molecule has 0 saturated carbocycles. The summed E-state index contributed by atoms with van der Waals surface area (Å²) in [5.41, 5.74) is 3.63. The Labute approximate surface area is 164 Å². The zero-order chi connectivity index (χ0) is 20.1. The number of carbonyl (C=O) groups excluding carboxylic acids is 3. The topological polar surface area (TPSA) is 75.7 Å². The second-order valence-corrected chi connectivity index (χ2v) is 6.95. The van der Waals surface area contributed by atoms with E-state index in [0.717, 1.165) is 17.7 Å². The molecule has 0 spiro atoms. The molecular formula is C22H24N2O4. The molecule has 1 saturated heterocycles. The second kappa shape index (κ2) is 8.69.